The second-order valence-corrected chi connectivity index (χ2v) is 4.04. The highest BCUT2D eigenvalue weighted by Crippen LogP contribution is 2.16. The third-order valence-corrected chi connectivity index (χ3v) is 2.47. The van der Waals surface area contributed by atoms with Crippen LogP contribution in [0.3, 0.4) is 0 Å². The summed E-state index contributed by atoms with van der Waals surface area (Å²) >= 11 is 0. The van der Waals surface area contributed by atoms with Gasteiger partial charge in [-0.05, 0) is 38.0 Å². The van der Waals surface area contributed by atoms with Crippen molar-refractivity contribution in [3.8, 4) is 0 Å². The highest BCUT2D eigenvalue weighted by molar-refractivity contribution is 6.08. The first kappa shape index (κ1) is 14.2. The molecule has 1 rings (SSSR count). The minimum atomic E-state index is -1.30. The van der Waals surface area contributed by atoms with Gasteiger partial charge in [-0.3, -0.25) is 4.79 Å². The molecule has 1 atom stereocenters. The number of hydrogen-bond acceptors (Lipinski definition) is 4. The highest BCUT2D eigenvalue weighted by Gasteiger charge is 2.23. The highest BCUT2D eigenvalue weighted by atomic mass is 16.5. The van der Waals surface area contributed by atoms with Crippen LogP contribution in [0.5, 0.6) is 0 Å². The molecule has 1 aromatic carbocycles. The Bertz CT molecular complexity index is 458. The van der Waals surface area contributed by atoms with Crippen LogP contribution in [0.25, 0.3) is 0 Å². The fourth-order valence-corrected chi connectivity index (χ4v) is 1.42. The molecule has 1 amide bonds. The van der Waals surface area contributed by atoms with E-state index in [1.807, 2.05) is 32.0 Å². The second-order valence-electron chi connectivity index (χ2n) is 4.04. The van der Waals surface area contributed by atoms with Crippen LogP contribution in [0.4, 0.5) is 5.69 Å². The van der Waals surface area contributed by atoms with Crippen molar-refractivity contribution in [3.05, 3.63) is 29.3 Å². The summed E-state index contributed by atoms with van der Waals surface area (Å²) in [6.07, 6.45) is 0. The van der Waals surface area contributed by atoms with Crippen LogP contribution in [0, 0.1) is 13.8 Å². The Morgan fingerprint density at radius 3 is 2.67 bits per heavy atom. The van der Waals surface area contributed by atoms with Gasteiger partial charge in [0.05, 0.1) is 6.61 Å². The molecule has 0 saturated carbocycles. The lowest BCUT2D eigenvalue weighted by Crippen LogP contribution is -2.43. The molecule has 3 N–H and O–H groups in total. The molecule has 1 unspecified atom stereocenters. The van der Waals surface area contributed by atoms with Crippen molar-refractivity contribution in [3.63, 3.8) is 0 Å². The van der Waals surface area contributed by atoms with E-state index in [-0.39, 0.29) is 6.61 Å². The van der Waals surface area contributed by atoms with E-state index in [0.717, 1.165) is 11.1 Å². The van der Waals surface area contributed by atoms with Gasteiger partial charge in [0.2, 0.25) is 0 Å². The molecule has 0 heterocycles. The molecule has 5 nitrogen and oxygen atoms in total. The lowest BCUT2D eigenvalue weighted by atomic mass is 10.1. The first-order valence-electron chi connectivity index (χ1n) is 5.76. The van der Waals surface area contributed by atoms with Gasteiger partial charge in [-0.1, -0.05) is 12.1 Å². The number of benzene rings is 1. The van der Waals surface area contributed by atoms with E-state index in [0.29, 0.717) is 5.69 Å². The molecule has 18 heavy (non-hydrogen) atoms. The van der Waals surface area contributed by atoms with E-state index in [1.54, 1.807) is 6.92 Å². The smallest absolute Gasteiger partial charge is 0.332 e. The summed E-state index contributed by atoms with van der Waals surface area (Å²) < 4.78 is 4.69. The number of ether oxygens (including phenoxy) is 1. The summed E-state index contributed by atoms with van der Waals surface area (Å²) in [5.74, 6) is -1.29. The van der Waals surface area contributed by atoms with Crippen LogP contribution in [-0.4, -0.2) is 24.5 Å². The average molecular weight is 250 g/mol. The molecular weight excluding hydrogens is 232 g/mol. The van der Waals surface area contributed by atoms with Gasteiger partial charge in [-0.25, -0.2) is 4.79 Å². The van der Waals surface area contributed by atoms with Crippen LogP contribution in [0.15, 0.2) is 18.2 Å². The summed E-state index contributed by atoms with van der Waals surface area (Å²) in [6.45, 7) is 5.64. The zero-order valence-corrected chi connectivity index (χ0v) is 10.8. The minimum Gasteiger partial charge on any atom is -0.464 e. The topological polar surface area (TPSA) is 81.4 Å². The van der Waals surface area contributed by atoms with E-state index < -0.39 is 17.9 Å². The first-order chi connectivity index (χ1) is 8.45. The molecule has 98 valence electrons. The van der Waals surface area contributed by atoms with Gasteiger partial charge in [0.1, 0.15) is 0 Å². The molecule has 1 aromatic rings. The zero-order chi connectivity index (χ0) is 13.7. The number of carbonyl (C=O) groups excluding carboxylic acids is 2. The Kier molecular flexibility index (Phi) is 4.85. The van der Waals surface area contributed by atoms with E-state index >= 15 is 0 Å². The number of nitrogens with two attached hydrogens (primary N) is 1. The predicted octanol–water partition coefficient (Wildman–Crippen LogP) is 1.13. The van der Waals surface area contributed by atoms with Crippen molar-refractivity contribution in [2.24, 2.45) is 5.73 Å². The molecular formula is C13H18N2O3. The second kappa shape index (κ2) is 6.16. The molecule has 0 aromatic heterocycles. The average Bonchev–Trinajstić information content (AvgIpc) is 2.33. The summed E-state index contributed by atoms with van der Waals surface area (Å²) in [7, 11) is 0. The predicted molar refractivity (Wildman–Crippen MR) is 69.2 cm³/mol. The number of carbonyl (C=O) groups is 2. The van der Waals surface area contributed by atoms with Gasteiger partial charge in [0, 0.05) is 5.69 Å². The van der Waals surface area contributed by atoms with Gasteiger partial charge in [-0.15, -0.1) is 0 Å². The van der Waals surface area contributed by atoms with Crippen molar-refractivity contribution < 1.29 is 14.3 Å². The quantitative estimate of drug-likeness (QED) is 0.620. The monoisotopic (exact) mass is 250 g/mol. The zero-order valence-electron chi connectivity index (χ0n) is 10.8. The number of nitrogens with one attached hydrogen (secondary N) is 1. The largest absolute Gasteiger partial charge is 0.464 e. The molecule has 0 fully saturated rings. The van der Waals surface area contributed by atoms with Crippen molar-refractivity contribution in [2.45, 2.75) is 26.8 Å². The van der Waals surface area contributed by atoms with E-state index in [9.17, 15) is 9.59 Å². The normalized spacial score (nSPS) is 11.8. The maximum absolute atomic E-state index is 11.8. The van der Waals surface area contributed by atoms with Crippen LogP contribution < -0.4 is 11.1 Å². The van der Waals surface area contributed by atoms with Gasteiger partial charge in [-0.2, -0.15) is 0 Å². The molecule has 0 radical (unpaired) electrons. The SMILES string of the molecule is CCOC(=O)C(N)C(=O)Nc1cc(C)ccc1C. The van der Waals surface area contributed by atoms with Crippen molar-refractivity contribution in [1.82, 2.24) is 0 Å². The molecule has 0 saturated heterocycles. The summed E-state index contributed by atoms with van der Waals surface area (Å²) in [5, 5.41) is 2.63. The van der Waals surface area contributed by atoms with Crippen LogP contribution >= 0.6 is 0 Å². The molecule has 0 aliphatic heterocycles. The van der Waals surface area contributed by atoms with E-state index in [4.69, 9.17) is 10.5 Å². The number of anilines is 1. The number of hydrogen-bond donors (Lipinski definition) is 2. The third kappa shape index (κ3) is 3.56. The summed E-state index contributed by atoms with van der Waals surface area (Å²) in [4.78, 5) is 23.1. The number of esters is 1. The maximum atomic E-state index is 11.8. The number of aryl methyl sites for hydroxylation is 2. The Morgan fingerprint density at radius 2 is 2.06 bits per heavy atom. The molecule has 0 aliphatic carbocycles. The molecule has 0 spiro atoms. The maximum Gasteiger partial charge on any atom is 0.332 e. The first-order valence-corrected chi connectivity index (χ1v) is 5.76. The van der Waals surface area contributed by atoms with Crippen LogP contribution in [-0.2, 0) is 14.3 Å². The van der Waals surface area contributed by atoms with Crippen molar-refractivity contribution in [1.29, 1.82) is 0 Å². The fraction of sp³-hybridized carbons (Fsp3) is 0.385. The summed E-state index contributed by atoms with van der Waals surface area (Å²) in [5.41, 5.74) is 8.07. The van der Waals surface area contributed by atoms with Crippen molar-refractivity contribution >= 4 is 17.6 Å². The Morgan fingerprint density at radius 1 is 1.39 bits per heavy atom. The van der Waals surface area contributed by atoms with Gasteiger partial charge < -0.3 is 15.8 Å². The lowest BCUT2D eigenvalue weighted by Gasteiger charge is -2.13. The van der Waals surface area contributed by atoms with Gasteiger partial charge in [0.25, 0.3) is 5.91 Å². The van der Waals surface area contributed by atoms with Crippen LogP contribution in [0.1, 0.15) is 18.1 Å². The van der Waals surface area contributed by atoms with Gasteiger partial charge in [0.15, 0.2) is 6.04 Å². The van der Waals surface area contributed by atoms with Gasteiger partial charge >= 0.3 is 5.97 Å². The van der Waals surface area contributed by atoms with Crippen LogP contribution in [0.2, 0.25) is 0 Å². The molecule has 0 bridgehead atoms. The molecule has 0 aliphatic rings. The van der Waals surface area contributed by atoms with E-state index in [1.165, 1.54) is 0 Å². The Labute approximate surface area is 106 Å². The van der Waals surface area contributed by atoms with E-state index in [2.05, 4.69) is 5.32 Å². The Balaban J connectivity index is 2.75. The number of amides is 1. The Hall–Kier alpha value is -1.88. The number of rotatable bonds is 4. The third-order valence-electron chi connectivity index (χ3n) is 2.47. The standard InChI is InChI=1S/C13H18N2O3/c1-4-18-13(17)11(14)12(16)15-10-7-8(2)5-6-9(10)3/h5-7,11H,4,14H2,1-3H3,(H,15,16). The lowest BCUT2D eigenvalue weighted by molar-refractivity contribution is -0.146. The van der Waals surface area contributed by atoms with Crippen molar-refractivity contribution in [2.75, 3.05) is 11.9 Å². The molecule has 5 heteroatoms. The summed E-state index contributed by atoms with van der Waals surface area (Å²) in [6, 6.07) is 4.35. The fourth-order valence-electron chi connectivity index (χ4n) is 1.42. The minimum absolute atomic E-state index is 0.198.